The summed E-state index contributed by atoms with van der Waals surface area (Å²) >= 11 is 0. The highest BCUT2D eigenvalue weighted by atomic mass is 32.2. The SMILES string of the molecule is Cc1ccccc1N1C(=O)[C@H]2[C@H](ON(c3ccccc3)[C@H]2c2ccccc2OS(=O)(=O)c2ccccc2)C1=O. The molecule has 9 heteroatoms. The Morgan fingerprint density at radius 3 is 2.08 bits per heavy atom. The number of para-hydroxylation sites is 3. The number of carbonyl (C=O) groups excluding carboxylic acids is 2. The van der Waals surface area contributed by atoms with Crippen molar-refractivity contribution < 1.29 is 27.0 Å². The summed E-state index contributed by atoms with van der Waals surface area (Å²) in [7, 11) is -4.17. The van der Waals surface area contributed by atoms with E-state index in [9.17, 15) is 18.0 Å². The summed E-state index contributed by atoms with van der Waals surface area (Å²) < 4.78 is 31.9. The molecule has 2 amide bonds. The van der Waals surface area contributed by atoms with Crippen molar-refractivity contribution in [3.05, 3.63) is 120 Å². The minimum atomic E-state index is -4.17. The van der Waals surface area contributed by atoms with Gasteiger partial charge in [0.15, 0.2) is 6.10 Å². The van der Waals surface area contributed by atoms with Gasteiger partial charge in [-0.3, -0.25) is 14.4 Å². The number of rotatable bonds is 6. The van der Waals surface area contributed by atoms with Crippen LogP contribution in [-0.2, 0) is 24.5 Å². The van der Waals surface area contributed by atoms with Gasteiger partial charge in [0.05, 0.1) is 17.4 Å². The van der Waals surface area contributed by atoms with Crippen LogP contribution in [0.1, 0.15) is 17.2 Å². The molecule has 0 aromatic heterocycles. The third-order valence-electron chi connectivity index (χ3n) is 6.95. The van der Waals surface area contributed by atoms with E-state index in [2.05, 4.69) is 0 Å². The lowest BCUT2D eigenvalue weighted by Gasteiger charge is -2.29. The number of hydrogen-bond acceptors (Lipinski definition) is 7. The lowest BCUT2D eigenvalue weighted by atomic mass is 9.90. The molecule has 0 saturated carbocycles. The predicted octanol–water partition coefficient (Wildman–Crippen LogP) is 4.81. The molecular formula is C30H24N2O6S. The van der Waals surface area contributed by atoms with Crippen LogP contribution in [0.4, 0.5) is 11.4 Å². The Labute approximate surface area is 226 Å². The first-order valence-corrected chi connectivity index (χ1v) is 13.8. The van der Waals surface area contributed by atoms with Gasteiger partial charge < -0.3 is 4.18 Å². The van der Waals surface area contributed by atoms with Gasteiger partial charge in [0.2, 0.25) is 5.91 Å². The van der Waals surface area contributed by atoms with Crippen molar-refractivity contribution in [3.8, 4) is 5.75 Å². The van der Waals surface area contributed by atoms with Crippen molar-refractivity contribution >= 4 is 33.3 Å². The number of anilines is 2. The minimum Gasteiger partial charge on any atom is -0.379 e. The second-order valence-electron chi connectivity index (χ2n) is 9.34. The molecule has 0 spiro atoms. The zero-order valence-electron chi connectivity index (χ0n) is 20.9. The van der Waals surface area contributed by atoms with Crippen molar-refractivity contribution in [1.82, 2.24) is 0 Å². The Balaban J connectivity index is 1.46. The molecule has 3 atom stereocenters. The largest absolute Gasteiger partial charge is 0.379 e. The summed E-state index contributed by atoms with van der Waals surface area (Å²) in [4.78, 5) is 35.0. The van der Waals surface area contributed by atoms with Crippen LogP contribution in [0.5, 0.6) is 5.75 Å². The molecule has 6 rings (SSSR count). The van der Waals surface area contributed by atoms with Gasteiger partial charge in [0, 0.05) is 5.56 Å². The van der Waals surface area contributed by atoms with E-state index in [0.29, 0.717) is 16.9 Å². The number of fused-ring (bicyclic) bond motifs is 1. The molecule has 2 aliphatic heterocycles. The van der Waals surface area contributed by atoms with Gasteiger partial charge in [0.25, 0.3) is 5.91 Å². The lowest BCUT2D eigenvalue weighted by Crippen LogP contribution is -2.37. The van der Waals surface area contributed by atoms with E-state index in [1.807, 2.05) is 37.3 Å². The second kappa shape index (κ2) is 9.68. The fourth-order valence-corrected chi connectivity index (χ4v) is 6.11. The van der Waals surface area contributed by atoms with Crippen LogP contribution in [0.15, 0.2) is 114 Å². The summed E-state index contributed by atoms with van der Waals surface area (Å²) in [5.74, 6) is -1.80. The first-order valence-electron chi connectivity index (χ1n) is 12.4. The van der Waals surface area contributed by atoms with E-state index in [4.69, 9.17) is 9.02 Å². The van der Waals surface area contributed by atoms with E-state index < -0.39 is 40.0 Å². The van der Waals surface area contributed by atoms with Gasteiger partial charge in [-0.2, -0.15) is 8.42 Å². The van der Waals surface area contributed by atoms with Crippen LogP contribution >= 0.6 is 0 Å². The van der Waals surface area contributed by atoms with Crippen molar-refractivity contribution in [3.63, 3.8) is 0 Å². The molecule has 39 heavy (non-hydrogen) atoms. The Bertz CT molecular complexity index is 1660. The van der Waals surface area contributed by atoms with Crippen LogP contribution in [0.25, 0.3) is 0 Å². The molecule has 0 aliphatic carbocycles. The average Bonchev–Trinajstić information content (AvgIpc) is 3.46. The van der Waals surface area contributed by atoms with Gasteiger partial charge >= 0.3 is 10.1 Å². The average molecular weight is 541 g/mol. The smallest absolute Gasteiger partial charge is 0.339 e. The van der Waals surface area contributed by atoms with Gasteiger partial charge in [-0.1, -0.05) is 72.8 Å². The van der Waals surface area contributed by atoms with Gasteiger partial charge in [-0.15, -0.1) is 0 Å². The predicted molar refractivity (Wildman–Crippen MR) is 144 cm³/mol. The lowest BCUT2D eigenvalue weighted by molar-refractivity contribution is -0.126. The third kappa shape index (κ3) is 4.25. The summed E-state index contributed by atoms with van der Waals surface area (Å²) in [6, 6.07) is 29.8. The van der Waals surface area contributed by atoms with Crippen LogP contribution in [0, 0.1) is 12.8 Å². The Morgan fingerprint density at radius 1 is 0.744 bits per heavy atom. The van der Waals surface area contributed by atoms with Gasteiger partial charge in [-0.05, 0) is 48.9 Å². The summed E-state index contributed by atoms with van der Waals surface area (Å²) in [6.07, 6.45) is -1.10. The van der Waals surface area contributed by atoms with Crippen molar-refractivity contribution in [2.75, 3.05) is 9.96 Å². The maximum Gasteiger partial charge on any atom is 0.339 e. The maximum atomic E-state index is 14.0. The van der Waals surface area contributed by atoms with Crippen LogP contribution in [-0.4, -0.2) is 26.3 Å². The molecule has 4 aromatic rings. The molecule has 2 fully saturated rings. The zero-order chi connectivity index (χ0) is 27.1. The Kier molecular flexibility index (Phi) is 6.17. The molecule has 0 radical (unpaired) electrons. The Morgan fingerprint density at radius 2 is 1.36 bits per heavy atom. The van der Waals surface area contributed by atoms with E-state index in [0.717, 1.165) is 5.56 Å². The molecule has 2 aliphatic rings. The summed E-state index contributed by atoms with van der Waals surface area (Å²) in [6.45, 7) is 1.83. The monoisotopic (exact) mass is 540 g/mol. The topological polar surface area (TPSA) is 93.2 Å². The molecule has 4 aromatic carbocycles. The molecule has 2 heterocycles. The van der Waals surface area contributed by atoms with Crippen molar-refractivity contribution in [2.45, 2.75) is 24.0 Å². The highest BCUT2D eigenvalue weighted by molar-refractivity contribution is 7.87. The summed E-state index contributed by atoms with van der Waals surface area (Å²) in [5, 5.41) is 1.51. The Hall–Kier alpha value is -4.47. The molecule has 0 N–H and O–H groups in total. The van der Waals surface area contributed by atoms with Crippen molar-refractivity contribution in [2.24, 2.45) is 5.92 Å². The molecule has 8 nitrogen and oxygen atoms in total. The number of imide groups is 1. The van der Waals surface area contributed by atoms with Crippen LogP contribution < -0.4 is 14.1 Å². The first-order chi connectivity index (χ1) is 18.9. The van der Waals surface area contributed by atoms with Crippen molar-refractivity contribution in [1.29, 1.82) is 0 Å². The molecular weight excluding hydrogens is 516 g/mol. The number of carbonyl (C=O) groups is 2. The van der Waals surface area contributed by atoms with Crippen LogP contribution in [0.2, 0.25) is 0 Å². The third-order valence-corrected chi connectivity index (χ3v) is 8.20. The molecule has 196 valence electrons. The number of aryl methyl sites for hydroxylation is 1. The number of nitrogens with zero attached hydrogens (tertiary/aromatic N) is 2. The fraction of sp³-hybridized carbons (Fsp3) is 0.133. The normalized spacial score (nSPS) is 20.8. The fourth-order valence-electron chi connectivity index (χ4n) is 5.14. The quantitative estimate of drug-likeness (QED) is 0.256. The van der Waals surface area contributed by atoms with E-state index in [1.165, 1.54) is 28.2 Å². The first kappa shape index (κ1) is 24.8. The maximum absolute atomic E-state index is 14.0. The number of benzene rings is 4. The standard InChI is InChI=1S/C30H24N2O6S/c1-20-12-8-10-18-24(20)31-29(33)26-27(32(37-28(26)30(31)34)21-13-4-2-5-14-21)23-17-9-11-19-25(23)38-39(35,36)22-15-6-3-7-16-22/h2-19,26-28H,1H3/t26-,27+,28+/m1/s1. The molecule has 0 bridgehead atoms. The zero-order valence-corrected chi connectivity index (χ0v) is 21.7. The number of amides is 2. The second-order valence-corrected chi connectivity index (χ2v) is 10.9. The summed E-state index contributed by atoms with van der Waals surface area (Å²) in [5.41, 5.74) is 2.28. The van der Waals surface area contributed by atoms with Gasteiger partial charge in [0.1, 0.15) is 16.6 Å². The van der Waals surface area contributed by atoms with E-state index in [-0.39, 0.29) is 10.6 Å². The van der Waals surface area contributed by atoms with Crippen LogP contribution in [0.3, 0.4) is 0 Å². The van der Waals surface area contributed by atoms with Gasteiger partial charge in [-0.25, -0.2) is 9.96 Å². The molecule has 2 saturated heterocycles. The number of hydrogen-bond donors (Lipinski definition) is 0. The highest BCUT2D eigenvalue weighted by Gasteiger charge is 2.61. The molecule has 0 unspecified atom stereocenters. The van der Waals surface area contributed by atoms with E-state index >= 15 is 0 Å². The number of hydroxylamine groups is 1. The minimum absolute atomic E-state index is 0.00174. The van der Waals surface area contributed by atoms with E-state index in [1.54, 1.807) is 60.7 Å². The highest BCUT2D eigenvalue weighted by Crippen LogP contribution is 2.50.